The number of hydrazone groups is 2. The van der Waals surface area contributed by atoms with Crippen molar-refractivity contribution in [1.29, 1.82) is 0 Å². The predicted octanol–water partition coefficient (Wildman–Crippen LogP) is 7.40. The molecular weight excluding hydrogens is 625 g/mol. The van der Waals surface area contributed by atoms with Crippen LogP contribution in [0.25, 0.3) is 0 Å². The molecule has 0 amide bonds. The van der Waals surface area contributed by atoms with Crippen molar-refractivity contribution < 1.29 is 24.6 Å². The maximum atomic E-state index is 4.55. The zero-order valence-electron chi connectivity index (χ0n) is 18.9. The van der Waals surface area contributed by atoms with Gasteiger partial charge in [-0.1, -0.05) is 0 Å². The van der Waals surface area contributed by atoms with Crippen molar-refractivity contribution in [2.75, 3.05) is 10.9 Å². The molecule has 0 atom stereocenters. The Labute approximate surface area is 216 Å². The molecule has 0 spiro atoms. The summed E-state index contributed by atoms with van der Waals surface area (Å²) in [6.45, 7) is 0. The van der Waals surface area contributed by atoms with Gasteiger partial charge in [0.05, 0.1) is 0 Å². The summed E-state index contributed by atoms with van der Waals surface area (Å²) >= 11 is -2.30. The number of para-hydroxylation sites is 2. The molecule has 0 aromatic heterocycles. The van der Waals surface area contributed by atoms with Crippen LogP contribution in [0.3, 0.4) is 0 Å². The summed E-state index contributed by atoms with van der Waals surface area (Å²) in [5.74, 6) is 0. The van der Waals surface area contributed by atoms with E-state index in [0.29, 0.717) is 6.69 Å². The van der Waals surface area contributed by atoms with Crippen molar-refractivity contribution in [2.45, 2.75) is 0 Å². The van der Waals surface area contributed by atoms with Crippen LogP contribution in [-0.4, -0.2) is 6.69 Å². The second-order valence-electron chi connectivity index (χ2n) is 7.26. The Morgan fingerprint density at radius 1 is 0.457 bits per heavy atom. The van der Waals surface area contributed by atoms with E-state index in [9.17, 15) is 0 Å². The van der Waals surface area contributed by atoms with E-state index in [1.165, 1.54) is 0 Å². The van der Waals surface area contributed by atoms with Crippen molar-refractivity contribution >= 4 is 29.4 Å². The molecule has 0 radical (unpaired) electrons. The Balaban J connectivity index is 1.60. The van der Waals surface area contributed by atoms with Gasteiger partial charge in [-0.3, -0.25) is 0 Å². The Bertz CT molecular complexity index is 1190. The average molecular weight is 647 g/mol. The number of rotatable bonds is 8. The second kappa shape index (κ2) is 13.6. The molecule has 168 valence electrons. The molecule has 35 heavy (non-hydrogen) atoms. The van der Waals surface area contributed by atoms with Crippen LogP contribution in [0.1, 0.15) is 0 Å². The third kappa shape index (κ3) is 8.67. The Morgan fingerprint density at radius 3 is 1.17 bits per heavy atom. The van der Waals surface area contributed by atoms with Gasteiger partial charge in [0.25, 0.3) is 0 Å². The number of amidine groups is 2. The van der Waals surface area contributed by atoms with E-state index in [0.717, 1.165) is 22.7 Å². The number of nitrogens with one attached hydrogen (secondary N) is 2. The third-order valence-electron chi connectivity index (χ3n) is 4.57. The molecule has 0 bridgehead atoms. The molecule has 2 N–H and O–H groups in total. The quantitative estimate of drug-likeness (QED) is 0.0686. The Kier molecular flexibility index (Phi) is 9.37. The van der Waals surface area contributed by atoms with E-state index >= 15 is 0 Å². The summed E-state index contributed by atoms with van der Waals surface area (Å²) in [6.07, 6.45) is 0. The monoisotopic (exact) mass is 648 g/mol. The third-order valence-corrected chi connectivity index (χ3v) is 9.35. The zero-order chi connectivity index (χ0) is 24.0. The number of hydrogen-bond acceptors (Lipinski definition) is 6. The molecule has 4 rings (SSSR count). The first kappa shape index (κ1) is 24.1. The molecule has 0 aliphatic carbocycles. The van der Waals surface area contributed by atoms with Crippen LogP contribution in [-0.2, 0) is 24.6 Å². The van der Waals surface area contributed by atoms with E-state index in [-0.39, 0.29) is 0 Å². The van der Waals surface area contributed by atoms with E-state index in [1.807, 2.05) is 121 Å². The number of anilines is 2. The van der Waals surface area contributed by atoms with Gasteiger partial charge in [0.15, 0.2) is 0 Å². The first-order chi connectivity index (χ1) is 17.3. The topological polar surface area (TPSA) is 98.2 Å². The van der Waals surface area contributed by atoms with E-state index < -0.39 is 24.6 Å². The Morgan fingerprint density at radius 2 is 0.800 bits per heavy atom. The van der Waals surface area contributed by atoms with Crippen LogP contribution in [0.15, 0.2) is 152 Å². The number of benzene rings is 4. The molecule has 0 saturated carbocycles. The van der Waals surface area contributed by atoms with Gasteiger partial charge in [-0.15, -0.1) is 0 Å². The summed E-state index contributed by atoms with van der Waals surface area (Å²) in [7, 11) is 0. The van der Waals surface area contributed by atoms with Crippen LogP contribution in [0.4, 0.5) is 22.7 Å². The summed E-state index contributed by atoms with van der Waals surface area (Å²) < 4.78 is 1.22. The van der Waals surface area contributed by atoms with E-state index in [4.69, 9.17) is 0 Å². The molecule has 0 aliphatic rings. The fourth-order valence-corrected chi connectivity index (χ4v) is 6.27. The predicted molar refractivity (Wildman–Crippen MR) is 137 cm³/mol. The average Bonchev–Trinajstić information content (AvgIpc) is 2.93. The van der Waals surface area contributed by atoms with Crippen molar-refractivity contribution in [3.05, 3.63) is 121 Å². The van der Waals surface area contributed by atoms with Crippen LogP contribution < -0.4 is 10.9 Å². The van der Waals surface area contributed by atoms with Gasteiger partial charge in [0, 0.05) is 0 Å². The summed E-state index contributed by atoms with van der Waals surface area (Å²) in [5.41, 5.74) is 9.37. The Hall–Kier alpha value is -4.04. The zero-order valence-corrected chi connectivity index (χ0v) is 24.4. The van der Waals surface area contributed by atoms with Crippen LogP contribution in [0, 0.1) is 0 Å². The summed E-state index contributed by atoms with van der Waals surface area (Å²) in [4.78, 5) is 0. The van der Waals surface area contributed by atoms with Crippen molar-refractivity contribution in [3.63, 3.8) is 0 Å². The number of hydrogen-bond donors (Lipinski definition) is 2. The van der Waals surface area contributed by atoms with Gasteiger partial charge in [0.1, 0.15) is 0 Å². The molecule has 9 heteroatoms. The molecule has 0 saturated heterocycles. The number of nitrogens with zero attached hydrogens (tertiary/aromatic N) is 6. The fraction of sp³-hybridized carbons (Fsp3) is 0. The molecule has 0 aliphatic heterocycles. The SMILES string of the molecule is c1ccc(N=N/[C](=N\Nc2ccccc2)[Hg]/[C](N=Nc2ccccc2)=N/Nc2ccccc2)cc1. The molecule has 0 heterocycles. The van der Waals surface area contributed by atoms with Gasteiger partial charge in [-0.05, 0) is 0 Å². The molecule has 4 aromatic carbocycles. The maximum absolute atomic E-state index is 4.55. The van der Waals surface area contributed by atoms with E-state index in [1.54, 1.807) is 0 Å². The van der Waals surface area contributed by atoms with Crippen molar-refractivity contribution in [3.8, 4) is 0 Å². The van der Waals surface area contributed by atoms with Gasteiger partial charge < -0.3 is 0 Å². The fourth-order valence-electron chi connectivity index (χ4n) is 2.84. The molecule has 0 fully saturated rings. The standard InChI is InChI=1S/2C13H11N4.Hg/c2*1-3-7-12(8-4-1)16-14-11-15-17-13-9-5-2-6-10-13;/h2*1-10,16H;. The molecular formula is C26H22HgN8. The summed E-state index contributed by atoms with van der Waals surface area (Å²) in [6, 6.07) is 38.6. The van der Waals surface area contributed by atoms with Gasteiger partial charge >= 0.3 is 217 Å². The van der Waals surface area contributed by atoms with Crippen LogP contribution in [0.2, 0.25) is 0 Å². The van der Waals surface area contributed by atoms with Crippen LogP contribution >= 0.6 is 0 Å². The van der Waals surface area contributed by atoms with Gasteiger partial charge in [0.2, 0.25) is 0 Å². The normalized spacial score (nSPS) is 12.0. The molecule has 4 aromatic rings. The summed E-state index contributed by atoms with van der Waals surface area (Å²) in [5, 5.41) is 26.8. The first-order valence-electron chi connectivity index (χ1n) is 11.0. The van der Waals surface area contributed by atoms with Crippen molar-refractivity contribution in [2.24, 2.45) is 30.7 Å². The minimum absolute atomic E-state index is 0.610. The molecule has 8 nitrogen and oxygen atoms in total. The van der Waals surface area contributed by atoms with E-state index in [2.05, 4.69) is 41.5 Å². The number of azo groups is 2. The first-order valence-corrected chi connectivity index (χ1v) is 16.5. The van der Waals surface area contributed by atoms with Crippen LogP contribution in [0.5, 0.6) is 0 Å². The van der Waals surface area contributed by atoms with Gasteiger partial charge in [-0.2, -0.15) is 0 Å². The molecule has 0 unspecified atom stereocenters. The second-order valence-corrected chi connectivity index (χ2v) is 13.6. The minimum atomic E-state index is -2.30. The van der Waals surface area contributed by atoms with Crippen molar-refractivity contribution in [1.82, 2.24) is 0 Å². The van der Waals surface area contributed by atoms with Gasteiger partial charge in [-0.25, -0.2) is 0 Å².